The van der Waals surface area contributed by atoms with Gasteiger partial charge in [-0.05, 0) is 10.4 Å². The van der Waals surface area contributed by atoms with Gasteiger partial charge in [0, 0.05) is 5.32 Å². The van der Waals surface area contributed by atoms with Crippen LogP contribution in [0, 0.1) is 0 Å². The molecule has 0 atom stereocenters. The third-order valence-corrected chi connectivity index (χ3v) is 1.62. The maximum absolute atomic E-state index is 3.58. The Kier molecular flexibility index (Phi) is 1.49. The van der Waals surface area contributed by atoms with Crippen LogP contribution in [0.1, 0.15) is 0 Å². The van der Waals surface area contributed by atoms with Crippen LogP contribution in [0.2, 0.25) is 0 Å². The van der Waals surface area contributed by atoms with Gasteiger partial charge in [-0.15, -0.1) is 10.2 Å². The highest BCUT2D eigenvalue weighted by Crippen LogP contribution is 1.53. The second kappa shape index (κ2) is 2.14. The van der Waals surface area contributed by atoms with E-state index in [1.54, 1.807) is 6.20 Å². The van der Waals surface area contributed by atoms with Crippen molar-refractivity contribution in [3.8, 4) is 0 Å². The van der Waals surface area contributed by atoms with Crippen LogP contribution in [0.15, 0.2) is 6.20 Å². The first-order chi connectivity index (χ1) is 3.80. The second-order valence-electron chi connectivity index (χ2n) is 1.20. The van der Waals surface area contributed by atoms with E-state index in [1.165, 1.54) is 0 Å². The molecule has 0 N–H and O–H groups in total. The highest BCUT2D eigenvalue weighted by atomic mass is 28.2. The van der Waals surface area contributed by atoms with Crippen molar-refractivity contribution in [3.63, 3.8) is 0 Å². The van der Waals surface area contributed by atoms with Crippen molar-refractivity contribution in [1.29, 1.82) is 0 Å². The zero-order valence-electron chi connectivity index (χ0n) is 3.92. The molecule has 0 saturated heterocycles. The van der Waals surface area contributed by atoms with Gasteiger partial charge in [0.15, 0.2) is 0 Å². The van der Waals surface area contributed by atoms with E-state index >= 15 is 0 Å². The van der Waals surface area contributed by atoms with Crippen LogP contribution in [-0.2, 0) is 0 Å². The summed E-state index contributed by atoms with van der Waals surface area (Å²) in [6.45, 7) is 0. The molecule has 0 fully saturated rings. The van der Waals surface area contributed by atoms with E-state index in [4.69, 9.17) is 0 Å². The maximum atomic E-state index is 3.58. The zero-order valence-corrected chi connectivity index (χ0v) is 5.92. The number of aromatic nitrogens is 3. The van der Waals surface area contributed by atoms with Crippen LogP contribution in [0.4, 0.5) is 0 Å². The molecule has 0 bridgehead atoms. The van der Waals surface area contributed by atoms with Crippen molar-refractivity contribution < 1.29 is 0 Å². The Balaban J connectivity index is 3.13. The van der Waals surface area contributed by atoms with E-state index in [-0.39, 0.29) is 0 Å². The van der Waals surface area contributed by atoms with Gasteiger partial charge in [-0.3, -0.25) is 0 Å². The Bertz CT molecular complexity index is 169. The van der Waals surface area contributed by atoms with E-state index in [0.29, 0.717) is 5.32 Å². The van der Waals surface area contributed by atoms with Gasteiger partial charge in [0.1, 0.15) is 10.2 Å². The fourth-order valence-electron chi connectivity index (χ4n) is 0.269. The molecular formula is C3HN3Si2. The van der Waals surface area contributed by atoms with Gasteiger partial charge < -0.3 is 0 Å². The molecule has 1 aromatic rings. The standard InChI is InChI=1S/C3HN3Si2/c7-2-1-4-6-5-3(2)8/h1H. The normalized spacial score (nSPS) is 9.25. The first kappa shape index (κ1) is 5.58. The summed E-state index contributed by atoms with van der Waals surface area (Å²) in [7, 11) is 6.41. The Hall–Kier alpha value is -0.556. The van der Waals surface area contributed by atoms with Crippen molar-refractivity contribution >= 4 is 31.0 Å². The van der Waals surface area contributed by atoms with E-state index < -0.39 is 0 Å². The van der Waals surface area contributed by atoms with Crippen molar-refractivity contribution in [2.75, 3.05) is 0 Å². The van der Waals surface area contributed by atoms with Gasteiger partial charge in [0.25, 0.3) is 0 Å². The van der Waals surface area contributed by atoms with E-state index in [9.17, 15) is 0 Å². The molecule has 5 heteroatoms. The fraction of sp³-hybridized carbons (Fsp3) is 0. The summed E-state index contributed by atoms with van der Waals surface area (Å²) < 4.78 is 0. The number of nitrogens with zero attached hydrogens (tertiary/aromatic N) is 3. The molecule has 0 aliphatic rings. The van der Waals surface area contributed by atoms with Gasteiger partial charge >= 0.3 is 0 Å². The van der Waals surface area contributed by atoms with Crippen LogP contribution in [0.5, 0.6) is 0 Å². The van der Waals surface area contributed by atoms with E-state index in [2.05, 4.69) is 35.9 Å². The SMILES string of the molecule is [Si]c1cnnnc1[Si]. The van der Waals surface area contributed by atoms with Crippen molar-refractivity contribution in [3.05, 3.63) is 6.20 Å². The number of rotatable bonds is 0. The second-order valence-corrected chi connectivity index (χ2v) is 2.21. The molecule has 8 heavy (non-hydrogen) atoms. The minimum atomic E-state index is 0.664. The van der Waals surface area contributed by atoms with Gasteiger partial charge in [-0.1, -0.05) is 0 Å². The predicted molar refractivity (Wildman–Crippen MR) is 30.6 cm³/mol. The molecule has 0 saturated carbocycles. The maximum Gasteiger partial charge on any atom is 0.102 e. The Morgan fingerprint density at radius 1 is 1.38 bits per heavy atom. The Morgan fingerprint density at radius 3 is 2.50 bits per heavy atom. The molecule has 0 amide bonds. The molecule has 1 rings (SSSR count). The largest absolute Gasteiger partial charge is 0.141 e. The highest BCUT2D eigenvalue weighted by molar-refractivity contribution is 6.47. The lowest BCUT2D eigenvalue weighted by atomic mass is 10.7. The summed E-state index contributed by atoms with van der Waals surface area (Å²) in [6, 6.07) is 0. The van der Waals surface area contributed by atoms with Crippen molar-refractivity contribution in [1.82, 2.24) is 15.4 Å². The summed E-state index contributed by atoms with van der Waals surface area (Å²) >= 11 is 0. The van der Waals surface area contributed by atoms with E-state index in [0.717, 1.165) is 5.19 Å². The van der Waals surface area contributed by atoms with Crippen molar-refractivity contribution in [2.24, 2.45) is 0 Å². The minimum Gasteiger partial charge on any atom is -0.141 e. The molecule has 6 radical (unpaired) electrons. The summed E-state index contributed by atoms with van der Waals surface area (Å²) in [5.41, 5.74) is 0. The predicted octanol–water partition coefficient (Wildman–Crippen LogP) is -2.54. The first-order valence-electron chi connectivity index (χ1n) is 1.92. The Labute approximate surface area is 53.4 Å². The monoisotopic (exact) mass is 135 g/mol. The Morgan fingerprint density at radius 2 is 2.12 bits per heavy atom. The van der Waals surface area contributed by atoms with Crippen LogP contribution in [0.25, 0.3) is 0 Å². The summed E-state index contributed by atoms with van der Waals surface area (Å²) in [4.78, 5) is 0. The summed E-state index contributed by atoms with van der Waals surface area (Å²) in [5, 5.41) is 11.9. The topological polar surface area (TPSA) is 38.7 Å². The van der Waals surface area contributed by atoms with Gasteiger partial charge in [-0.25, -0.2) is 0 Å². The lowest BCUT2D eigenvalue weighted by Crippen LogP contribution is -2.30. The molecule has 0 spiro atoms. The smallest absolute Gasteiger partial charge is 0.102 e. The molecule has 0 aliphatic heterocycles. The van der Waals surface area contributed by atoms with Crippen LogP contribution >= 0.6 is 0 Å². The first-order valence-corrected chi connectivity index (χ1v) is 2.92. The number of hydrogen-bond acceptors (Lipinski definition) is 3. The molecular weight excluding hydrogens is 134 g/mol. The quantitative estimate of drug-likeness (QED) is 0.368. The van der Waals surface area contributed by atoms with Crippen molar-refractivity contribution in [2.45, 2.75) is 0 Å². The summed E-state index contributed by atoms with van der Waals surface area (Å²) in [6.07, 6.45) is 1.56. The molecule has 0 aromatic carbocycles. The average Bonchev–Trinajstić information content (AvgIpc) is 1.77. The average molecular weight is 135 g/mol. The lowest BCUT2D eigenvalue weighted by Gasteiger charge is -1.89. The molecule has 1 aromatic heterocycles. The van der Waals surface area contributed by atoms with Gasteiger partial charge in [0.2, 0.25) is 0 Å². The zero-order chi connectivity index (χ0) is 5.98. The summed E-state index contributed by atoms with van der Waals surface area (Å²) in [5.74, 6) is 0. The molecule has 0 aliphatic carbocycles. The van der Waals surface area contributed by atoms with Crippen LogP contribution in [0.3, 0.4) is 0 Å². The third kappa shape index (κ3) is 0.986. The molecule has 3 nitrogen and oxygen atoms in total. The molecule has 0 unspecified atom stereocenters. The van der Waals surface area contributed by atoms with Crippen LogP contribution in [-0.4, -0.2) is 35.9 Å². The van der Waals surface area contributed by atoms with Gasteiger partial charge in [0.05, 0.1) is 16.4 Å². The van der Waals surface area contributed by atoms with Gasteiger partial charge in [-0.2, -0.15) is 0 Å². The van der Waals surface area contributed by atoms with E-state index in [1.807, 2.05) is 0 Å². The number of hydrogen-bond donors (Lipinski definition) is 0. The fourth-order valence-corrected chi connectivity index (χ4v) is 0.486. The molecule has 1 heterocycles. The third-order valence-electron chi connectivity index (χ3n) is 0.638. The molecule has 36 valence electrons. The highest BCUT2D eigenvalue weighted by Gasteiger charge is 1.88. The van der Waals surface area contributed by atoms with Crippen LogP contribution < -0.4 is 10.5 Å². The lowest BCUT2D eigenvalue weighted by molar-refractivity contribution is 0.889. The minimum absolute atomic E-state index is 0.664.